The van der Waals surface area contributed by atoms with Crippen molar-refractivity contribution >= 4 is 5.78 Å². The molecule has 1 unspecified atom stereocenters. The van der Waals surface area contributed by atoms with Crippen LogP contribution in [0.1, 0.15) is 13.3 Å². The fraction of sp³-hybridized carbons (Fsp3) is 0.364. The molecule has 0 radical (unpaired) electrons. The van der Waals surface area contributed by atoms with Crippen LogP contribution in [0.15, 0.2) is 0 Å². The van der Waals surface area contributed by atoms with Crippen LogP contribution in [0.3, 0.4) is 0 Å². The molecule has 0 aliphatic heterocycles. The van der Waals surface area contributed by atoms with Gasteiger partial charge in [-0.25, -0.2) is 0 Å². The third-order valence-electron chi connectivity index (χ3n) is 1.43. The standard InChI is InChI=1S/C11H11NO/c1-4-5-6-7-8-9-11(12-3)10(2)13/h1,11-12H,9H2,2-3H3. The van der Waals surface area contributed by atoms with Gasteiger partial charge in [0.1, 0.15) is 5.78 Å². The molecule has 0 spiro atoms. The lowest BCUT2D eigenvalue weighted by molar-refractivity contribution is -0.118. The lowest BCUT2D eigenvalue weighted by Crippen LogP contribution is -2.31. The predicted octanol–water partition coefficient (Wildman–Crippen LogP) is 0.193. The molecule has 0 bridgehead atoms. The van der Waals surface area contributed by atoms with Crippen LogP contribution < -0.4 is 5.32 Å². The van der Waals surface area contributed by atoms with E-state index >= 15 is 0 Å². The van der Waals surface area contributed by atoms with Gasteiger partial charge >= 0.3 is 0 Å². The summed E-state index contributed by atoms with van der Waals surface area (Å²) in [7, 11) is 1.72. The number of hydrogen-bond acceptors (Lipinski definition) is 2. The molecule has 0 aliphatic carbocycles. The number of carbonyl (C=O) groups excluding carboxylic acids is 1. The SMILES string of the molecule is C#CC#CC#CCC(NC)C(C)=O. The van der Waals surface area contributed by atoms with Crippen molar-refractivity contribution < 1.29 is 4.79 Å². The molecule has 1 N–H and O–H groups in total. The van der Waals surface area contributed by atoms with E-state index in [2.05, 4.69) is 34.9 Å². The molecule has 1 atom stereocenters. The van der Waals surface area contributed by atoms with E-state index in [1.807, 2.05) is 0 Å². The molecule has 0 aliphatic rings. The maximum absolute atomic E-state index is 10.9. The van der Waals surface area contributed by atoms with Crippen molar-refractivity contribution in [2.24, 2.45) is 0 Å². The summed E-state index contributed by atoms with van der Waals surface area (Å²) in [5.41, 5.74) is 0. The largest absolute Gasteiger partial charge is 0.310 e. The molecule has 0 saturated heterocycles. The van der Waals surface area contributed by atoms with E-state index in [1.54, 1.807) is 7.05 Å². The summed E-state index contributed by atoms with van der Waals surface area (Å²) >= 11 is 0. The summed E-state index contributed by atoms with van der Waals surface area (Å²) in [5.74, 6) is 12.4. The second kappa shape index (κ2) is 6.99. The fourth-order valence-electron chi connectivity index (χ4n) is 0.714. The normalized spacial score (nSPS) is 9.62. The topological polar surface area (TPSA) is 29.1 Å². The van der Waals surface area contributed by atoms with Crippen molar-refractivity contribution in [1.29, 1.82) is 0 Å². The van der Waals surface area contributed by atoms with Crippen LogP contribution in [0, 0.1) is 36.0 Å². The van der Waals surface area contributed by atoms with E-state index in [0.29, 0.717) is 6.42 Å². The zero-order valence-electron chi connectivity index (χ0n) is 7.77. The van der Waals surface area contributed by atoms with Crippen LogP contribution in [0.5, 0.6) is 0 Å². The minimum Gasteiger partial charge on any atom is -0.310 e. The van der Waals surface area contributed by atoms with E-state index in [4.69, 9.17) is 6.42 Å². The van der Waals surface area contributed by atoms with Gasteiger partial charge in [0.05, 0.1) is 6.04 Å². The van der Waals surface area contributed by atoms with E-state index in [0.717, 1.165) is 0 Å². The van der Waals surface area contributed by atoms with E-state index in [1.165, 1.54) is 6.92 Å². The minimum atomic E-state index is -0.208. The number of rotatable bonds is 3. The van der Waals surface area contributed by atoms with Gasteiger partial charge in [0.15, 0.2) is 0 Å². The number of carbonyl (C=O) groups is 1. The Balaban J connectivity index is 4.04. The molecule has 0 fully saturated rings. The minimum absolute atomic E-state index is 0.0710. The van der Waals surface area contributed by atoms with Gasteiger partial charge in [0.25, 0.3) is 0 Å². The van der Waals surface area contributed by atoms with Gasteiger partial charge in [0, 0.05) is 6.42 Å². The van der Waals surface area contributed by atoms with Gasteiger partial charge in [-0.1, -0.05) is 5.92 Å². The van der Waals surface area contributed by atoms with Crippen LogP contribution in [-0.4, -0.2) is 18.9 Å². The van der Waals surface area contributed by atoms with Gasteiger partial charge < -0.3 is 5.32 Å². The monoisotopic (exact) mass is 173 g/mol. The molecule has 0 aromatic carbocycles. The number of Topliss-reactive ketones (excluding diaryl/α,β-unsaturated/α-hetero) is 1. The summed E-state index contributed by atoms with van der Waals surface area (Å²) in [5, 5.41) is 2.85. The number of terminal acetylenes is 1. The van der Waals surface area contributed by atoms with Crippen molar-refractivity contribution in [3.05, 3.63) is 0 Å². The number of ketones is 1. The molecule has 0 saturated carbocycles. The summed E-state index contributed by atoms with van der Waals surface area (Å²) in [6, 6.07) is -0.208. The summed E-state index contributed by atoms with van der Waals surface area (Å²) in [4.78, 5) is 10.9. The second-order valence-corrected chi connectivity index (χ2v) is 2.35. The Morgan fingerprint density at radius 3 is 2.62 bits per heavy atom. The molecule has 2 heteroatoms. The third kappa shape index (κ3) is 5.57. The van der Waals surface area contributed by atoms with Crippen LogP contribution >= 0.6 is 0 Å². The molecule has 0 heterocycles. The van der Waals surface area contributed by atoms with Crippen molar-refractivity contribution in [3.63, 3.8) is 0 Å². The highest BCUT2D eigenvalue weighted by atomic mass is 16.1. The summed E-state index contributed by atoms with van der Waals surface area (Å²) in [6.45, 7) is 1.52. The first-order chi connectivity index (χ1) is 6.22. The summed E-state index contributed by atoms with van der Waals surface area (Å²) in [6.07, 6.45) is 5.35. The molecule has 0 rings (SSSR count). The van der Waals surface area contributed by atoms with Crippen molar-refractivity contribution in [2.45, 2.75) is 19.4 Å². The Hall–Kier alpha value is -1.69. The molecular weight excluding hydrogens is 162 g/mol. The van der Waals surface area contributed by atoms with Gasteiger partial charge in [-0.3, -0.25) is 4.79 Å². The smallest absolute Gasteiger partial charge is 0.147 e. The highest BCUT2D eigenvalue weighted by Crippen LogP contribution is 1.90. The molecule has 13 heavy (non-hydrogen) atoms. The van der Waals surface area contributed by atoms with Gasteiger partial charge in [-0.15, -0.1) is 6.42 Å². The first-order valence-electron chi connectivity index (χ1n) is 3.83. The average molecular weight is 173 g/mol. The van der Waals surface area contributed by atoms with E-state index in [-0.39, 0.29) is 11.8 Å². The van der Waals surface area contributed by atoms with Crippen molar-refractivity contribution in [3.8, 4) is 36.0 Å². The number of likely N-dealkylation sites (N-methyl/N-ethyl adjacent to an activating group) is 1. The first kappa shape index (κ1) is 11.3. The molecule has 0 amide bonds. The molecule has 2 nitrogen and oxygen atoms in total. The van der Waals surface area contributed by atoms with Crippen molar-refractivity contribution in [1.82, 2.24) is 5.32 Å². The zero-order valence-corrected chi connectivity index (χ0v) is 7.77. The highest BCUT2D eigenvalue weighted by molar-refractivity contribution is 5.81. The Bertz CT molecular complexity index is 327. The molecule has 0 aromatic heterocycles. The quantitative estimate of drug-likeness (QED) is 0.617. The lowest BCUT2D eigenvalue weighted by Gasteiger charge is -2.06. The second-order valence-electron chi connectivity index (χ2n) is 2.35. The van der Waals surface area contributed by atoms with Crippen LogP contribution in [0.25, 0.3) is 0 Å². The lowest BCUT2D eigenvalue weighted by atomic mass is 10.1. The van der Waals surface area contributed by atoms with Crippen LogP contribution in [-0.2, 0) is 4.79 Å². The van der Waals surface area contributed by atoms with E-state index < -0.39 is 0 Å². The molecule has 0 aromatic rings. The predicted molar refractivity (Wildman–Crippen MR) is 52.5 cm³/mol. The zero-order chi connectivity index (χ0) is 10.1. The first-order valence-corrected chi connectivity index (χ1v) is 3.83. The van der Waals surface area contributed by atoms with E-state index in [9.17, 15) is 4.79 Å². The third-order valence-corrected chi connectivity index (χ3v) is 1.43. The maximum atomic E-state index is 10.9. The average Bonchev–Trinajstić information content (AvgIpc) is 2.10. The number of nitrogens with one attached hydrogen (secondary N) is 1. The maximum Gasteiger partial charge on any atom is 0.147 e. The summed E-state index contributed by atoms with van der Waals surface area (Å²) < 4.78 is 0. The fourth-order valence-corrected chi connectivity index (χ4v) is 0.714. The number of hydrogen-bond donors (Lipinski definition) is 1. The van der Waals surface area contributed by atoms with Crippen LogP contribution in [0.2, 0.25) is 0 Å². The Morgan fingerprint density at radius 1 is 1.46 bits per heavy atom. The Morgan fingerprint density at radius 2 is 2.15 bits per heavy atom. The Kier molecular flexibility index (Phi) is 6.08. The van der Waals surface area contributed by atoms with Gasteiger partial charge in [-0.05, 0) is 37.7 Å². The van der Waals surface area contributed by atoms with Crippen molar-refractivity contribution in [2.75, 3.05) is 7.05 Å². The van der Waals surface area contributed by atoms with Crippen LogP contribution in [0.4, 0.5) is 0 Å². The molecular formula is C11H11NO. The molecule has 66 valence electrons. The van der Waals surface area contributed by atoms with Gasteiger partial charge in [0.2, 0.25) is 0 Å². The highest BCUT2D eigenvalue weighted by Gasteiger charge is 2.08. The Labute approximate surface area is 79.1 Å². The van der Waals surface area contributed by atoms with Gasteiger partial charge in [-0.2, -0.15) is 0 Å².